The predicted octanol–water partition coefficient (Wildman–Crippen LogP) is 8.66. The molecule has 4 saturated heterocycles. The Bertz CT molecular complexity index is 1350. The van der Waals surface area contributed by atoms with Crippen LogP contribution in [0.2, 0.25) is 0 Å². The van der Waals surface area contributed by atoms with E-state index in [0.717, 1.165) is 25.4 Å². The monoisotopic (exact) mass is 895 g/mol. The van der Waals surface area contributed by atoms with Gasteiger partial charge in [0.2, 0.25) is 0 Å². The third-order valence-electron chi connectivity index (χ3n) is 12.5. The van der Waals surface area contributed by atoms with Crippen molar-refractivity contribution >= 4 is 0 Å². The van der Waals surface area contributed by atoms with Crippen molar-refractivity contribution in [1.29, 1.82) is 0 Å². The average molecular weight is 895 g/mol. The third-order valence-corrected chi connectivity index (χ3v) is 12.5. The summed E-state index contributed by atoms with van der Waals surface area (Å²) in [5, 5.41) is 0. The lowest BCUT2D eigenvalue weighted by molar-refractivity contribution is -0.153. The van der Waals surface area contributed by atoms with Crippen LogP contribution < -0.4 is 0 Å². The van der Waals surface area contributed by atoms with Crippen molar-refractivity contribution in [3.05, 3.63) is 35.9 Å². The van der Waals surface area contributed by atoms with Crippen LogP contribution in [0, 0.1) is 17.8 Å². The fraction of sp³-hybridized carbons (Fsp3) is 0.880. The maximum absolute atomic E-state index is 6.47. The molecule has 0 bridgehead atoms. The van der Waals surface area contributed by atoms with Gasteiger partial charge in [-0.2, -0.15) is 0 Å². The molecular formula is C50H86O13. The van der Waals surface area contributed by atoms with Crippen LogP contribution in [0.1, 0.15) is 126 Å². The summed E-state index contributed by atoms with van der Waals surface area (Å²) < 4.78 is 76.7. The van der Waals surface area contributed by atoms with Crippen molar-refractivity contribution in [2.45, 2.75) is 187 Å². The van der Waals surface area contributed by atoms with E-state index in [-0.39, 0.29) is 36.3 Å². The SMILES string of the molecule is CC1(C)OCC(CC2CCC2)O1.CCC(COCC1COC(C)(C)O1)OCC(COC(COCC1COC(C)(C)O1)COCC1COC(C)(C)O1)C1CCC1.CCc1ccccc1. The molecule has 2 saturated carbocycles. The molecule has 6 aliphatic rings. The summed E-state index contributed by atoms with van der Waals surface area (Å²) in [5.74, 6) is -0.179. The highest BCUT2D eigenvalue weighted by atomic mass is 16.8. The van der Waals surface area contributed by atoms with Crippen molar-refractivity contribution in [2.75, 3.05) is 79.3 Å². The first-order valence-electron chi connectivity index (χ1n) is 24.3. The van der Waals surface area contributed by atoms with Gasteiger partial charge in [0.05, 0.1) is 91.5 Å². The van der Waals surface area contributed by atoms with E-state index < -0.39 is 17.4 Å². The van der Waals surface area contributed by atoms with Gasteiger partial charge in [0.15, 0.2) is 23.1 Å². The second-order valence-corrected chi connectivity index (χ2v) is 20.1. The largest absolute Gasteiger partial charge is 0.376 e. The molecular weight excluding hydrogens is 809 g/mol. The molecule has 7 rings (SSSR count). The topological polar surface area (TPSA) is 120 Å². The molecule has 0 aromatic heterocycles. The van der Waals surface area contributed by atoms with Crippen LogP contribution in [0.5, 0.6) is 0 Å². The van der Waals surface area contributed by atoms with Crippen molar-refractivity contribution < 1.29 is 61.6 Å². The van der Waals surface area contributed by atoms with Crippen LogP contribution in [0.25, 0.3) is 0 Å². The summed E-state index contributed by atoms with van der Waals surface area (Å²) in [6.45, 7) is 26.2. The van der Waals surface area contributed by atoms with Gasteiger partial charge in [-0.25, -0.2) is 0 Å². The van der Waals surface area contributed by atoms with Gasteiger partial charge in [0.25, 0.3) is 0 Å². The lowest BCUT2D eigenvalue weighted by Gasteiger charge is -2.35. The minimum Gasteiger partial charge on any atom is -0.376 e. The molecule has 63 heavy (non-hydrogen) atoms. The first-order chi connectivity index (χ1) is 30.0. The molecule has 6 atom stereocenters. The van der Waals surface area contributed by atoms with Crippen molar-refractivity contribution in [1.82, 2.24) is 0 Å². The zero-order valence-corrected chi connectivity index (χ0v) is 40.7. The van der Waals surface area contributed by atoms with E-state index in [1.54, 1.807) is 0 Å². The van der Waals surface area contributed by atoms with E-state index in [2.05, 4.69) is 38.1 Å². The van der Waals surface area contributed by atoms with Crippen LogP contribution in [0.15, 0.2) is 30.3 Å². The van der Waals surface area contributed by atoms with Gasteiger partial charge in [-0.05, 0) is 92.1 Å². The molecule has 0 amide bonds. The molecule has 1 aromatic rings. The van der Waals surface area contributed by atoms with Gasteiger partial charge >= 0.3 is 0 Å². The van der Waals surface area contributed by atoms with Gasteiger partial charge < -0.3 is 61.6 Å². The minimum absolute atomic E-state index is 0.0242. The van der Waals surface area contributed by atoms with Gasteiger partial charge in [-0.3, -0.25) is 0 Å². The molecule has 0 N–H and O–H groups in total. The number of hydrogen-bond donors (Lipinski definition) is 0. The number of benzene rings is 1. The van der Waals surface area contributed by atoms with Crippen molar-refractivity contribution in [3.8, 4) is 0 Å². The summed E-state index contributed by atoms with van der Waals surface area (Å²) in [6.07, 6.45) is 11.1. The van der Waals surface area contributed by atoms with E-state index in [1.165, 1.54) is 50.5 Å². The normalized spacial score (nSPS) is 28.5. The molecule has 1 aromatic carbocycles. The quantitative estimate of drug-likeness (QED) is 0.104. The second-order valence-electron chi connectivity index (χ2n) is 20.1. The fourth-order valence-corrected chi connectivity index (χ4v) is 8.40. The average Bonchev–Trinajstić information content (AvgIpc) is 3.96. The van der Waals surface area contributed by atoms with E-state index in [1.807, 2.05) is 61.5 Å². The maximum Gasteiger partial charge on any atom is 0.163 e. The Kier molecular flexibility index (Phi) is 21.5. The van der Waals surface area contributed by atoms with Gasteiger partial charge in [0.1, 0.15) is 24.4 Å². The zero-order valence-electron chi connectivity index (χ0n) is 40.7. The van der Waals surface area contributed by atoms with E-state index in [4.69, 9.17) is 61.6 Å². The van der Waals surface area contributed by atoms with Gasteiger partial charge in [-0.15, -0.1) is 0 Å². The molecule has 13 heteroatoms. The molecule has 4 heterocycles. The highest BCUT2D eigenvalue weighted by molar-refractivity contribution is 5.13. The van der Waals surface area contributed by atoms with Crippen LogP contribution in [0.3, 0.4) is 0 Å². The molecule has 2 aliphatic carbocycles. The van der Waals surface area contributed by atoms with Crippen LogP contribution >= 0.6 is 0 Å². The number of hydrogen-bond acceptors (Lipinski definition) is 13. The Morgan fingerprint density at radius 3 is 1.27 bits per heavy atom. The summed E-state index contributed by atoms with van der Waals surface area (Å²) >= 11 is 0. The van der Waals surface area contributed by atoms with Crippen LogP contribution in [-0.2, 0) is 68.0 Å². The molecule has 6 unspecified atom stereocenters. The standard InChI is InChI=1S/C32H58O11.C10H18O2.C8H10/c1-8-25(14-33-17-27-20-38-30(2,3)41-27)36-12-24(23-10-9-11-23)13-37-26(15-34-18-28-21-39-31(4,5)42-28)16-35-19-29-22-40-32(6,7)43-29;1-10(2)11-7-9(12-10)6-8-4-3-5-8;1-2-8-6-4-3-5-7-8/h23-29H,8-22H2,1-7H3;8-9H,3-7H2,1-2H3;3-7H,2H2,1H3. The number of rotatable bonds is 23. The predicted molar refractivity (Wildman–Crippen MR) is 240 cm³/mol. The molecule has 364 valence electrons. The zero-order chi connectivity index (χ0) is 45.4. The van der Waals surface area contributed by atoms with E-state index >= 15 is 0 Å². The Labute approximate surface area is 380 Å². The first kappa shape index (κ1) is 52.7. The Morgan fingerprint density at radius 1 is 0.524 bits per heavy atom. The number of aryl methyl sites for hydroxylation is 1. The Balaban J connectivity index is 0.000000302. The lowest BCUT2D eigenvalue weighted by atomic mass is 9.76. The summed E-state index contributed by atoms with van der Waals surface area (Å²) in [7, 11) is 0. The summed E-state index contributed by atoms with van der Waals surface area (Å²) in [4.78, 5) is 0. The fourth-order valence-electron chi connectivity index (χ4n) is 8.40. The van der Waals surface area contributed by atoms with E-state index in [0.29, 0.717) is 90.6 Å². The smallest absolute Gasteiger partial charge is 0.163 e. The summed E-state index contributed by atoms with van der Waals surface area (Å²) in [6, 6.07) is 10.5. The first-order valence-corrected chi connectivity index (χ1v) is 24.3. The highest BCUT2D eigenvalue weighted by Gasteiger charge is 2.37. The maximum atomic E-state index is 6.47. The van der Waals surface area contributed by atoms with Crippen molar-refractivity contribution in [3.63, 3.8) is 0 Å². The highest BCUT2D eigenvalue weighted by Crippen LogP contribution is 2.36. The van der Waals surface area contributed by atoms with Gasteiger partial charge in [-0.1, -0.05) is 82.7 Å². The van der Waals surface area contributed by atoms with Crippen molar-refractivity contribution in [2.24, 2.45) is 17.8 Å². The van der Waals surface area contributed by atoms with Crippen LogP contribution in [0.4, 0.5) is 0 Å². The van der Waals surface area contributed by atoms with Crippen LogP contribution in [-0.4, -0.2) is 139 Å². The lowest BCUT2D eigenvalue weighted by Crippen LogP contribution is -2.36. The summed E-state index contributed by atoms with van der Waals surface area (Å²) in [5.41, 5.74) is 1.41. The molecule has 4 aliphatic heterocycles. The number of ether oxygens (including phenoxy) is 13. The molecule has 0 spiro atoms. The third kappa shape index (κ3) is 19.8. The minimum atomic E-state index is -0.572. The molecule has 0 radical (unpaired) electrons. The van der Waals surface area contributed by atoms with Gasteiger partial charge in [0, 0.05) is 5.92 Å². The second kappa shape index (κ2) is 25.7. The molecule has 6 fully saturated rings. The molecule has 13 nitrogen and oxygen atoms in total. The van der Waals surface area contributed by atoms with E-state index in [9.17, 15) is 0 Å². The Hall–Kier alpha value is -1.30. The Morgan fingerprint density at radius 2 is 0.937 bits per heavy atom.